The maximum Gasteiger partial charge on any atom is 0.318 e. The number of aryl methyl sites for hydroxylation is 1. The van der Waals surface area contributed by atoms with Crippen molar-refractivity contribution >= 4 is 23.7 Å². The van der Waals surface area contributed by atoms with Crippen LogP contribution in [0.3, 0.4) is 0 Å². The van der Waals surface area contributed by atoms with Crippen LogP contribution in [0.4, 0.5) is 4.79 Å². The van der Waals surface area contributed by atoms with Crippen LogP contribution in [0.25, 0.3) is 5.69 Å². The molecular weight excluding hydrogens is 316 g/mol. The third kappa shape index (κ3) is 5.06. The Bertz CT molecular complexity index is 670. The van der Waals surface area contributed by atoms with Crippen molar-refractivity contribution in [3.8, 4) is 5.69 Å². The molecule has 0 fully saturated rings. The first-order chi connectivity index (χ1) is 11.1. The van der Waals surface area contributed by atoms with Crippen molar-refractivity contribution < 1.29 is 9.59 Å². The molecule has 2 rings (SSSR count). The number of carbonyl (C=O) groups excluding carboxylic acids is 2. The predicted octanol–water partition coefficient (Wildman–Crippen LogP) is 1.29. The predicted molar refractivity (Wildman–Crippen MR) is 86.2 cm³/mol. The monoisotopic (exact) mass is 334 g/mol. The van der Waals surface area contributed by atoms with E-state index in [0.29, 0.717) is 5.16 Å². The average Bonchev–Trinajstić information content (AvgIpc) is 2.99. The molecule has 0 radical (unpaired) electrons. The summed E-state index contributed by atoms with van der Waals surface area (Å²) in [4.78, 5) is 22.0. The molecule has 2 aromatic rings. The zero-order chi connectivity index (χ0) is 16.7. The molecule has 23 heavy (non-hydrogen) atoms. The highest BCUT2D eigenvalue weighted by Crippen LogP contribution is 2.18. The van der Waals surface area contributed by atoms with Gasteiger partial charge < -0.3 is 5.73 Å². The first kappa shape index (κ1) is 16.9. The van der Waals surface area contributed by atoms with Gasteiger partial charge in [0, 0.05) is 0 Å². The Morgan fingerprint density at radius 2 is 2.04 bits per heavy atom. The van der Waals surface area contributed by atoms with E-state index in [9.17, 15) is 9.59 Å². The van der Waals surface area contributed by atoms with Gasteiger partial charge in [0.25, 0.3) is 0 Å². The number of carbonyl (C=O) groups is 2. The van der Waals surface area contributed by atoms with Crippen LogP contribution in [-0.2, 0) is 11.2 Å². The van der Waals surface area contributed by atoms with Gasteiger partial charge in [0.1, 0.15) is 0 Å². The maximum absolute atomic E-state index is 11.4. The Labute approximate surface area is 137 Å². The van der Waals surface area contributed by atoms with Crippen molar-refractivity contribution in [3.05, 3.63) is 29.8 Å². The third-order valence-corrected chi connectivity index (χ3v) is 3.96. The smallest absolute Gasteiger partial charge is 0.318 e. The Kier molecular flexibility index (Phi) is 6.10. The quantitative estimate of drug-likeness (QED) is 0.737. The summed E-state index contributed by atoms with van der Waals surface area (Å²) in [5.41, 5.74) is 6.96. The Morgan fingerprint density at radius 1 is 1.30 bits per heavy atom. The van der Waals surface area contributed by atoms with Gasteiger partial charge in [-0.3, -0.25) is 10.1 Å². The molecule has 0 atom stereocenters. The average molecular weight is 334 g/mol. The van der Waals surface area contributed by atoms with E-state index in [1.54, 1.807) is 4.68 Å². The molecule has 3 amide bonds. The lowest BCUT2D eigenvalue weighted by Crippen LogP contribution is -2.36. The van der Waals surface area contributed by atoms with Gasteiger partial charge in [-0.15, -0.1) is 5.10 Å². The number of urea groups is 1. The van der Waals surface area contributed by atoms with E-state index in [1.165, 1.54) is 5.56 Å². The van der Waals surface area contributed by atoms with Gasteiger partial charge in [-0.05, 0) is 41.0 Å². The molecule has 122 valence electrons. The standard InChI is InChI=1S/C14H18N6O2S/c1-2-3-4-10-5-7-11(8-6-10)20-14(17-18-19-20)23-9-12(21)16-13(15)22/h5-8H,2-4,9H2,1H3,(H3,15,16,21,22). The zero-order valence-electron chi connectivity index (χ0n) is 12.7. The number of nitrogens with two attached hydrogens (primary N) is 1. The lowest BCUT2D eigenvalue weighted by Gasteiger charge is -2.05. The first-order valence-corrected chi connectivity index (χ1v) is 8.18. The Balaban J connectivity index is 2.02. The number of hydrogen-bond acceptors (Lipinski definition) is 6. The molecule has 0 spiro atoms. The number of imide groups is 1. The van der Waals surface area contributed by atoms with Crippen molar-refractivity contribution in [3.63, 3.8) is 0 Å². The lowest BCUT2D eigenvalue weighted by molar-refractivity contribution is -0.117. The number of unbranched alkanes of at least 4 members (excludes halogenated alkanes) is 1. The molecule has 0 saturated carbocycles. The highest BCUT2D eigenvalue weighted by Gasteiger charge is 2.12. The summed E-state index contributed by atoms with van der Waals surface area (Å²) in [6, 6.07) is 7.09. The molecular formula is C14H18N6O2S. The second-order valence-corrected chi connectivity index (χ2v) is 5.79. The van der Waals surface area contributed by atoms with Crippen LogP contribution in [0.1, 0.15) is 25.3 Å². The molecule has 9 heteroatoms. The van der Waals surface area contributed by atoms with E-state index >= 15 is 0 Å². The number of benzene rings is 1. The molecule has 0 aliphatic rings. The van der Waals surface area contributed by atoms with Crippen LogP contribution < -0.4 is 11.1 Å². The number of amides is 3. The zero-order valence-corrected chi connectivity index (χ0v) is 13.5. The number of hydrogen-bond donors (Lipinski definition) is 2. The van der Waals surface area contributed by atoms with Gasteiger partial charge in [0.15, 0.2) is 0 Å². The Hall–Kier alpha value is -2.42. The molecule has 3 N–H and O–H groups in total. The van der Waals surface area contributed by atoms with Crippen LogP contribution in [0.2, 0.25) is 0 Å². The van der Waals surface area contributed by atoms with Crippen molar-refractivity contribution in [1.82, 2.24) is 25.5 Å². The van der Waals surface area contributed by atoms with Gasteiger partial charge in [-0.1, -0.05) is 37.2 Å². The number of rotatable bonds is 7. The lowest BCUT2D eigenvalue weighted by atomic mass is 10.1. The number of nitrogens with one attached hydrogen (secondary N) is 1. The van der Waals surface area contributed by atoms with Gasteiger partial charge in [0.2, 0.25) is 11.1 Å². The van der Waals surface area contributed by atoms with Crippen LogP contribution in [0.5, 0.6) is 0 Å². The minimum absolute atomic E-state index is 0.00209. The maximum atomic E-state index is 11.4. The van der Waals surface area contributed by atoms with Crippen molar-refractivity contribution in [1.29, 1.82) is 0 Å². The molecule has 1 aromatic heterocycles. The van der Waals surface area contributed by atoms with E-state index in [-0.39, 0.29) is 5.75 Å². The summed E-state index contributed by atoms with van der Waals surface area (Å²) in [6.07, 6.45) is 3.35. The SMILES string of the molecule is CCCCc1ccc(-n2nnnc2SCC(=O)NC(N)=O)cc1. The van der Waals surface area contributed by atoms with Gasteiger partial charge in [-0.25, -0.2) is 4.79 Å². The number of thioether (sulfide) groups is 1. The highest BCUT2D eigenvalue weighted by atomic mass is 32.2. The molecule has 1 heterocycles. The van der Waals surface area contributed by atoms with Crippen LogP contribution in [0, 0.1) is 0 Å². The normalized spacial score (nSPS) is 10.5. The second kappa shape index (κ2) is 8.28. The third-order valence-electron chi connectivity index (χ3n) is 3.04. The number of aromatic nitrogens is 4. The van der Waals surface area contributed by atoms with Crippen molar-refractivity contribution in [2.45, 2.75) is 31.3 Å². The largest absolute Gasteiger partial charge is 0.351 e. The molecule has 0 unspecified atom stereocenters. The van der Waals surface area contributed by atoms with Gasteiger partial charge in [-0.2, -0.15) is 4.68 Å². The fourth-order valence-electron chi connectivity index (χ4n) is 1.92. The number of tetrazole rings is 1. The minimum Gasteiger partial charge on any atom is -0.351 e. The minimum atomic E-state index is -0.877. The highest BCUT2D eigenvalue weighted by molar-refractivity contribution is 7.99. The summed E-state index contributed by atoms with van der Waals surface area (Å²) >= 11 is 1.12. The van der Waals surface area contributed by atoms with E-state index in [1.807, 2.05) is 29.6 Å². The number of primary amides is 1. The van der Waals surface area contributed by atoms with E-state index < -0.39 is 11.9 Å². The van der Waals surface area contributed by atoms with E-state index in [2.05, 4.69) is 22.4 Å². The van der Waals surface area contributed by atoms with E-state index in [4.69, 9.17) is 5.73 Å². The van der Waals surface area contributed by atoms with Crippen LogP contribution >= 0.6 is 11.8 Å². The summed E-state index contributed by atoms with van der Waals surface area (Å²) < 4.78 is 1.55. The van der Waals surface area contributed by atoms with Crippen molar-refractivity contribution in [2.24, 2.45) is 5.73 Å². The summed E-state index contributed by atoms with van der Waals surface area (Å²) in [6.45, 7) is 2.16. The molecule has 8 nitrogen and oxygen atoms in total. The van der Waals surface area contributed by atoms with Crippen molar-refractivity contribution in [2.75, 3.05) is 5.75 Å². The Morgan fingerprint density at radius 3 is 2.70 bits per heavy atom. The molecule has 1 aromatic carbocycles. The van der Waals surface area contributed by atoms with Gasteiger partial charge in [0.05, 0.1) is 11.4 Å². The van der Waals surface area contributed by atoms with E-state index in [0.717, 1.165) is 36.7 Å². The summed E-state index contributed by atoms with van der Waals surface area (Å²) in [5, 5.41) is 13.9. The molecule has 0 aliphatic carbocycles. The molecule has 0 aliphatic heterocycles. The fraction of sp³-hybridized carbons (Fsp3) is 0.357. The number of nitrogens with zero attached hydrogens (tertiary/aromatic N) is 4. The van der Waals surface area contributed by atoms with Crippen LogP contribution in [0.15, 0.2) is 29.4 Å². The first-order valence-electron chi connectivity index (χ1n) is 7.20. The summed E-state index contributed by atoms with van der Waals surface area (Å²) in [7, 11) is 0. The fourth-order valence-corrected chi connectivity index (χ4v) is 2.61. The molecule has 0 bridgehead atoms. The second-order valence-electron chi connectivity index (χ2n) is 4.84. The topological polar surface area (TPSA) is 116 Å². The molecule has 0 saturated heterocycles. The summed E-state index contributed by atoms with van der Waals surface area (Å²) in [5.74, 6) is -0.496. The van der Waals surface area contributed by atoms with Gasteiger partial charge >= 0.3 is 6.03 Å². The van der Waals surface area contributed by atoms with Crippen LogP contribution in [-0.4, -0.2) is 37.9 Å².